The molecule has 14 heavy (non-hydrogen) atoms. The van der Waals surface area contributed by atoms with Gasteiger partial charge in [-0.1, -0.05) is 31.5 Å². The highest BCUT2D eigenvalue weighted by molar-refractivity contribution is 6.30. The Morgan fingerprint density at radius 1 is 1.36 bits per heavy atom. The van der Waals surface area contributed by atoms with Crippen molar-refractivity contribution >= 4 is 11.6 Å². The molecule has 0 aliphatic heterocycles. The van der Waals surface area contributed by atoms with Crippen molar-refractivity contribution in [1.82, 2.24) is 0 Å². The lowest BCUT2D eigenvalue weighted by molar-refractivity contribution is 0.598. The Kier molecular flexibility index (Phi) is 2.13. The van der Waals surface area contributed by atoms with Crippen molar-refractivity contribution in [3.63, 3.8) is 0 Å². The summed E-state index contributed by atoms with van der Waals surface area (Å²) in [6.07, 6.45) is 0. The van der Waals surface area contributed by atoms with Crippen LogP contribution in [0, 0.1) is 12.3 Å². The summed E-state index contributed by atoms with van der Waals surface area (Å²) in [6, 6.07) is 6.36. The molecule has 1 saturated carbocycles. The minimum absolute atomic E-state index is 0.249. The third-order valence-corrected chi connectivity index (χ3v) is 3.71. The number of rotatable bonds is 1. The molecule has 0 spiro atoms. The maximum absolute atomic E-state index is 6.05. The predicted molar refractivity (Wildman–Crippen MR) is 60.7 cm³/mol. The molecule has 1 aliphatic rings. The van der Waals surface area contributed by atoms with E-state index in [0.29, 0.717) is 12.0 Å². The first-order chi connectivity index (χ1) is 6.44. The van der Waals surface area contributed by atoms with E-state index < -0.39 is 0 Å². The Bertz CT molecular complexity index is 371. The van der Waals surface area contributed by atoms with Crippen LogP contribution in [0.1, 0.15) is 30.9 Å². The SMILES string of the molecule is Cc1cc(Cl)ccc1C1C(N)C1(C)C. The van der Waals surface area contributed by atoms with E-state index in [0.717, 1.165) is 5.02 Å². The standard InChI is InChI=1S/C12H16ClN/c1-7-6-8(13)4-5-9(7)10-11(14)12(10,2)3/h4-6,10-11H,14H2,1-3H3. The van der Waals surface area contributed by atoms with Crippen LogP contribution >= 0.6 is 11.6 Å². The Morgan fingerprint density at radius 3 is 2.36 bits per heavy atom. The lowest BCUT2D eigenvalue weighted by atomic mass is 9.99. The van der Waals surface area contributed by atoms with Gasteiger partial charge in [0.25, 0.3) is 0 Å². The average molecular weight is 210 g/mol. The van der Waals surface area contributed by atoms with E-state index in [1.54, 1.807) is 0 Å². The lowest BCUT2D eigenvalue weighted by Crippen LogP contribution is -2.06. The van der Waals surface area contributed by atoms with Crippen molar-refractivity contribution < 1.29 is 0 Å². The molecule has 0 amide bonds. The molecule has 1 aromatic rings. The maximum Gasteiger partial charge on any atom is 0.0408 e. The Balaban J connectivity index is 2.36. The summed E-state index contributed by atoms with van der Waals surface area (Å²) < 4.78 is 0. The molecule has 0 saturated heterocycles. The van der Waals surface area contributed by atoms with Gasteiger partial charge in [-0.25, -0.2) is 0 Å². The second-order valence-corrected chi connectivity index (χ2v) is 5.26. The molecule has 2 N–H and O–H groups in total. The fourth-order valence-corrected chi connectivity index (χ4v) is 2.49. The molecule has 1 aromatic carbocycles. The summed E-state index contributed by atoms with van der Waals surface area (Å²) in [5.74, 6) is 0.500. The molecule has 2 rings (SSSR count). The molecule has 76 valence electrons. The minimum atomic E-state index is 0.249. The van der Waals surface area contributed by atoms with Crippen molar-refractivity contribution in [3.8, 4) is 0 Å². The first-order valence-corrected chi connectivity index (χ1v) is 5.34. The smallest absolute Gasteiger partial charge is 0.0408 e. The number of hydrogen-bond donors (Lipinski definition) is 1. The highest BCUT2D eigenvalue weighted by Crippen LogP contribution is 2.57. The molecule has 1 nitrogen and oxygen atoms in total. The molecule has 2 atom stereocenters. The third kappa shape index (κ3) is 1.35. The monoisotopic (exact) mass is 209 g/mol. The van der Waals surface area contributed by atoms with Gasteiger partial charge in [-0.3, -0.25) is 0 Å². The molecule has 1 fully saturated rings. The van der Waals surface area contributed by atoms with Gasteiger partial charge >= 0.3 is 0 Å². The fraction of sp³-hybridized carbons (Fsp3) is 0.500. The summed E-state index contributed by atoms with van der Waals surface area (Å²) in [5, 5.41) is 0.804. The minimum Gasteiger partial charge on any atom is -0.327 e. The first kappa shape index (κ1) is 10.0. The number of nitrogens with two attached hydrogens (primary N) is 1. The Morgan fingerprint density at radius 2 is 1.93 bits per heavy atom. The number of benzene rings is 1. The van der Waals surface area contributed by atoms with Crippen molar-refractivity contribution in [2.45, 2.75) is 32.7 Å². The lowest BCUT2D eigenvalue weighted by Gasteiger charge is -2.07. The highest BCUT2D eigenvalue weighted by atomic mass is 35.5. The van der Waals surface area contributed by atoms with Gasteiger partial charge in [-0.05, 0) is 35.6 Å². The highest BCUT2D eigenvalue weighted by Gasteiger charge is 2.56. The van der Waals surface area contributed by atoms with Crippen molar-refractivity contribution in [2.24, 2.45) is 11.1 Å². The van der Waals surface area contributed by atoms with Gasteiger partial charge < -0.3 is 5.73 Å². The predicted octanol–water partition coefficient (Wildman–Crippen LogP) is 3.10. The molecular formula is C12H16ClN. The van der Waals surface area contributed by atoms with Gasteiger partial charge in [0.2, 0.25) is 0 Å². The van der Waals surface area contributed by atoms with Gasteiger partial charge in [0.1, 0.15) is 0 Å². The van der Waals surface area contributed by atoms with Crippen LogP contribution in [0.4, 0.5) is 0 Å². The van der Waals surface area contributed by atoms with Crippen LogP contribution in [0.5, 0.6) is 0 Å². The van der Waals surface area contributed by atoms with Crippen LogP contribution in [0.25, 0.3) is 0 Å². The van der Waals surface area contributed by atoms with E-state index in [1.807, 2.05) is 12.1 Å². The zero-order valence-electron chi connectivity index (χ0n) is 8.84. The average Bonchev–Trinajstić information content (AvgIpc) is 2.54. The quantitative estimate of drug-likeness (QED) is 0.756. The van der Waals surface area contributed by atoms with Gasteiger partial charge in [0.05, 0.1) is 0 Å². The second-order valence-electron chi connectivity index (χ2n) is 4.83. The summed E-state index contributed by atoms with van der Waals surface area (Å²) in [7, 11) is 0. The van der Waals surface area contributed by atoms with Gasteiger partial charge in [-0.2, -0.15) is 0 Å². The number of halogens is 1. The maximum atomic E-state index is 6.05. The van der Waals surface area contributed by atoms with Crippen molar-refractivity contribution in [1.29, 1.82) is 0 Å². The number of hydrogen-bond acceptors (Lipinski definition) is 1. The molecule has 2 heteroatoms. The van der Waals surface area contributed by atoms with E-state index in [-0.39, 0.29) is 5.41 Å². The van der Waals surface area contributed by atoms with Crippen LogP contribution in [0.2, 0.25) is 5.02 Å². The molecule has 1 aliphatic carbocycles. The van der Waals surface area contributed by atoms with Gasteiger partial charge in [0.15, 0.2) is 0 Å². The molecule has 0 radical (unpaired) electrons. The zero-order valence-corrected chi connectivity index (χ0v) is 9.60. The van der Waals surface area contributed by atoms with E-state index >= 15 is 0 Å². The summed E-state index contributed by atoms with van der Waals surface area (Å²) >= 11 is 5.92. The van der Waals surface area contributed by atoms with E-state index in [4.69, 9.17) is 17.3 Å². The summed E-state index contributed by atoms with van der Waals surface area (Å²) in [6.45, 7) is 6.54. The largest absolute Gasteiger partial charge is 0.327 e. The molecule has 0 bridgehead atoms. The zero-order chi connectivity index (χ0) is 10.5. The van der Waals surface area contributed by atoms with Crippen LogP contribution < -0.4 is 5.73 Å². The normalized spacial score (nSPS) is 28.9. The summed E-state index contributed by atoms with van der Waals surface area (Å²) in [4.78, 5) is 0. The van der Waals surface area contributed by atoms with Crippen LogP contribution in [0.15, 0.2) is 18.2 Å². The number of aryl methyl sites for hydroxylation is 1. The van der Waals surface area contributed by atoms with E-state index in [9.17, 15) is 0 Å². The Hall–Kier alpha value is -0.530. The fourth-order valence-electron chi connectivity index (χ4n) is 2.26. The van der Waals surface area contributed by atoms with E-state index in [2.05, 4.69) is 26.8 Å². The molecule has 0 aromatic heterocycles. The van der Waals surface area contributed by atoms with Crippen LogP contribution in [0.3, 0.4) is 0 Å². The molecule has 2 unspecified atom stereocenters. The Labute approximate surface area is 90.3 Å². The topological polar surface area (TPSA) is 26.0 Å². The van der Waals surface area contributed by atoms with Gasteiger partial charge in [0, 0.05) is 17.0 Å². The molecule has 0 heterocycles. The van der Waals surface area contributed by atoms with Gasteiger partial charge in [-0.15, -0.1) is 0 Å². The molecular weight excluding hydrogens is 194 g/mol. The van der Waals surface area contributed by atoms with Crippen LogP contribution in [-0.2, 0) is 0 Å². The van der Waals surface area contributed by atoms with Crippen LogP contribution in [-0.4, -0.2) is 6.04 Å². The first-order valence-electron chi connectivity index (χ1n) is 4.96. The van der Waals surface area contributed by atoms with Crippen molar-refractivity contribution in [3.05, 3.63) is 34.3 Å². The van der Waals surface area contributed by atoms with Crippen molar-refractivity contribution in [2.75, 3.05) is 0 Å². The van der Waals surface area contributed by atoms with E-state index in [1.165, 1.54) is 11.1 Å². The third-order valence-electron chi connectivity index (χ3n) is 3.48. The summed E-state index contributed by atoms with van der Waals surface area (Å²) in [5.41, 5.74) is 8.91. The second kappa shape index (κ2) is 2.98.